The average molecular weight is 354 g/mol. The Morgan fingerprint density at radius 2 is 1.35 bits per heavy atom. The highest BCUT2D eigenvalue weighted by Crippen LogP contribution is 2.39. The van der Waals surface area contributed by atoms with Gasteiger partial charge in [0.15, 0.2) is 0 Å². The molecule has 0 unspecified atom stereocenters. The predicted octanol–water partition coefficient (Wildman–Crippen LogP) is 4.84. The zero-order valence-corrected chi connectivity index (χ0v) is 17.1. The highest BCUT2D eigenvalue weighted by atomic mass is 16.3. The van der Waals surface area contributed by atoms with Crippen molar-refractivity contribution in [2.45, 2.75) is 66.2 Å². The maximum absolute atomic E-state index is 10.8. The molecule has 0 atom stereocenters. The first kappa shape index (κ1) is 19.9. The Hall–Kier alpha value is -2.43. The number of hydrogen-bond acceptors (Lipinski definition) is 5. The van der Waals surface area contributed by atoms with Crippen LogP contribution < -0.4 is 5.43 Å². The van der Waals surface area contributed by atoms with Crippen LogP contribution in [0.15, 0.2) is 23.3 Å². The zero-order valence-electron chi connectivity index (χ0n) is 17.1. The van der Waals surface area contributed by atoms with Crippen LogP contribution in [0.1, 0.15) is 69.6 Å². The van der Waals surface area contributed by atoms with Crippen LogP contribution in [0.4, 0.5) is 5.95 Å². The van der Waals surface area contributed by atoms with E-state index in [-0.39, 0.29) is 10.8 Å². The predicted molar refractivity (Wildman–Crippen MR) is 108 cm³/mol. The number of benzene rings is 1. The number of aromatic nitrogens is 2. The van der Waals surface area contributed by atoms with Gasteiger partial charge in [0.25, 0.3) is 0 Å². The van der Waals surface area contributed by atoms with Crippen molar-refractivity contribution in [2.24, 2.45) is 5.10 Å². The molecule has 2 rings (SSSR count). The number of nitrogens with zero attached hydrogens (tertiary/aromatic N) is 3. The molecular formula is C21H30N4O. The van der Waals surface area contributed by atoms with Gasteiger partial charge in [0, 0.05) is 22.5 Å². The summed E-state index contributed by atoms with van der Waals surface area (Å²) in [5, 5.41) is 15.1. The fraction of sp³-hybridized carbons (Fsp3) is 0.476. The van der Waals surface area contributed by atoms with Gasteiger partial charge < -0.3 is 5.11 Å². The molecule has 1 aromatic heterocycles. The van der Waals surface area contributed by atoms with Crippen LogP contribution in [-0.2, 0) is 10.8 Å². The van der Waals surface area contributed by atoms with Crippen molar-refractivity contribution in [1.82, 2.24) is 9.97 Å². The van der Waals surface area contributed by atoms with Crippen molar-refractivity contribution in [3.8, 4) is 5.75 Å². The van der Waals surface area contributed by atoms with E-state index in [0.717, 1.165) is 28.1 Å². The number of anilines is 1. The molecule has 1 aromatic carbocycles. The quantitative estimate of drug-likeness (QED) is 0.611. The van der Waals surface area contributed by atoms with Gasteiger partial charge >= 0.3 is 0 Å². The Morgan fingerprint density at radius 1 is 0.885 bits per heavy atom. The highest BCUT2D eigenvalue weighted by molar-refractivity contribution is 5.82. The summed E-state index contributed by atoms with van der Waals surface area (Å²) in [5.41, 5.74) is 7.09. The SMILES string of the molecule is Cc1cc(C)nc(N/N=C/c2cc(C(C)(C)C)c(O)c(C(C)(C)C)c2)n1. The smallest absolute Gasteiger partial charge is 0.243 e. The van der Waals surface area contributed by atoms with Crippen LogP contribution in [0.25, 0.3) is 0 Å². The minimum atomic E-state index is -0.169. The summed E-state index contributed by atoms with van der Waals surface area (Å²) in [6.45, 7) is 16.4. The Balaban J connectivity index is 2.39. The van der Waals surface area contributed by atoms with Crippen LogP contribution in [-0.4, -0.2) is 21.3 Å². The van der Waals surface area contributed by atoms with Crippen molar-refractivity contribution in [3.05, 3.63) is 46.3 Å². The molecule has 0 fully saturated rings. The van der Waals surface area contributed by atoms with Gasteiger partial charge in [0.1, 0.15) is 5.75 Å². The van der Waals surface area contributed by atoms with Gasteiger partial charge in [-0.1, -0.05) is 41.5 Å². The summed E-state index contributed by atoms with van der Waals surface area (Å²) < 4.78 is 0. The average Bonchev–Trinajstić information content (AvgIpc) is 2.45. The largest absolute Gasteiger partial charge is 0.507 e. The summed E-state index contributed by atoms with van der Waals surface area (Å²) in [4.78, 5) is 8.63. The maximum Gasteiger partial charge on any atom is 0.243 e. The van der Waals surface area contributed by atoms with Crippen LogP contribution in [0.2, 0.25) is 0 Å². The molecule has 1 heterocycles. The molecule has 0 saturated carbocycles. The zero-order chi connectivity index (χ0) is 19.7. The minimum Gasteiger partial charge on any atom is -0.507 e. The fourth-order valence-corrected chi connectivity index (χ4v) is 2.82. The number of rotatable bonds is 3. The van der Waals surface area contributed by atoms with E-state index in [1.54, 1.807) is 6.21 Å². The van der Waals surface area contributed by atoms with E-state index in [2.05, 4.69) is 62.0 Å². The normalized spacial score (nSPS) is 12.6. The van der Waals surface area contributed by atoms with Crippen molar-refractivity contribution in [2.75, 3.05) is 5.43 Å². The number of aromatic hydroxyl groups is 1. The van der Waals surface area contributed by atoms with Gasteiger partial charge in [-0.25, -0.2) is 15.4 Å². The lowest BCUT2D eigenvalue weighted by atomic mass is 9.78. The molecule has 0 bridgehead atoms. The van der Waals surface area contributed by atoms with E-state index >= 15 is 0 Å². The first-order valence-corrected chi connectivity index (χ1v) is 8.87. The first-order valence-electron chi connectivity index (χ1n) is 8.87. The third kappa shape index (κ3) is 4.81. The Labute approximate surface area is 156 Å². The molecule has 2 aromatic rings. The summed E-state index contributed by atoms with van der Waals surface area (Å²) in [5.74, 6) is 0.845. The molecule has 26 heavy (non-hydrogen) atoms. The fourth-order valence-electron chi connectivity index (χ4n) is 2.82. The van der Waals surface area contributed by atoms with Gasteiger partial charge in [-0.2, -0.15) is 5.10 Å². The molecule has 0 amide bonds. The van der Waals surface area contributed by atoms with Crippen molar-refractivity contribution >= 4 is 12.2 Å². The molecule has 0 spiro atoms. The number of phenols is 1. The monoisotopic (exact) mass is 354 g/mol. The van der Waals surface area contributed by atoms with E-state index in [1.807, 2.05) is 32.0 Å². The Kier molecular flexibility index (Phi) is 5.40. The third-order valence-electron chi connectivity index (χ3n) is 4.11. The molecule has 0 saturated heterocycles. The molecule has 0 aliphatic carbocycles. The van der Waals surface area contributed by atoms with Crippen molar-refractivity contribution in [1.29, 1.82) is 0 Å². The number of phenolic OH excluding ortho intramolecular Hbond substituents is 1. The molecule has 5 nitrogen and oxygen atoms in total. The van der Waals surface area contributed by atoms with E-state index < -0.39 is 0 Å². The lowest BCUT2D eigenvalue weighted by Crippen LogP contribution is -2.18. The standard InChI is InChI=1S/C21H30N4O/c1-13-9-14(2)24-19(23-13)25-22-12-15-10-16(20(3,4)5)18(26)17(11-15)21(6,7)8/h9-12,26H,1-8H3,(H,23,24,25)/b22-12+. The summed E-state index contributed by atoms with van der Waals surface area (Å²) in [7, 11) is 0. The van der Waals surface area contributed by atoms with E-state index in [0.29, 0.717) is 11.7 Å². The number of hydrogen-bond donors (Lipinski definition) is 2. The molecule has 0 aliphatic rings. The van der Waals surface area contributed by atoms with E-state index in [1.165, 1.54) is 0 Å². The maximum atomic E-state index is 10.8. The molecule has 0 radical (unpaired) electrons. The summed E-state index contributed by atoms with van der Waals surface area (Å²) >= 11 is 0. The third-order valence-corrected chi connectivity index (χ3v) is 4.11. The topological polar surface area (TPSA) is 70.4 Å². The minimum absolute atomic E-state index is 0.169. The van der Waals surface area contributed by atoms with E-state index in [9.17, 15) is 5.11 Å². The second-order valence-corrected chi connectivity index (χ2v) is 8.81. The van der Waals surface area contributed by atoms with Crippen molar-refractivity contribution in [3.63, 3.8) is 0 Å². The van der Waals surface area contributed by atoms with Crippen LogP contribution >= 0.6 is 0 Å². The van der Waals surface area contributed by atoms with Crippen LogP contribution in [0.5, 0.6) is 5.75 Å². The number of aryl methyl sites for hydroxylation is 2. The number of hydrazone groups is 1. The van der Waals surface area contributed by atoms with Crippen LogP contribution in [0, 0.1) is 13.8 Å². The van der Waals surface area contributed by atoms with Crippen molar-refractivity contribution < 1.29 is 5.11 Å². The highest BCUT2D eigenvalue weighted by Gasteiger charge is 2.26. The Bertz CT molecular complexity index is 772. The van der Waals surface area contributed by atoms with Crippen LogP contribution in [0.3, 0.4) is 0 Å². The van der Waals surface area contributed by atoms with Gasteiger partial charge in [-0.3, -0.25) is 0 Å². The first-order chi connectivity index (χ1) is 11.9. The van der Waals surface area contributed by atoms with Gasteiger partial charge in [0.05, 0.1) is 6.21 Å². The molecule has 5 heteroatoms. The number of nitrogens with one attached hydrogen (secondary N) is 1. The summed E-state index contributed by atoms with van der Waals surface area (Å²) in [6.07, 6.45) is 1.74. The lowest BCUT2D eigenvalue weighted by molar-refractivity contribution is 0.423. The second-order valence-electron chi connectivity index (χ2n) is 8.81. The molecule has 140 valence electrons. The summed E-state index contributed by atoms with van der Waals surface area (Å²) in [6, 6.07) is 5.89. The Morgan fingerprint density at radius 3 is 1.77 bits per heavy atom. The van der Waals surface area contributed by atoms with E-state index in [4.69, 9.17) is 0 Å². The van der Waals surface area contributed by atoms with Gasteiger partial charge in [0.2, 0.25) is 5.95 Å². The lowest BCUT2D eigenvalue weighted by Gasteiger charge is -2.27. The molecule has 0 aliphatic heterocycles. The molecular weight excluding hydrogens is 324 g/mol. The van der Waals surface area contributed by atoms with Gasteiger partial charge in [-0.15, -0.1) is 0 Å². The van der Waals surface area contributed by atoms with Gasteiger partial charge in [-0.05, 0) is 48.4 Å². The molecule has 2 N–H and O–H groups in total. The second kappa shape index (κ2) is 7.06.